The zero-order chi connectivity index (χ0) is 21.1. The summed E-state index contributed by atoms with van der Waals surface area (Å²) < 4.78 is 1.09. The van der Waals surface area contributed by atoms with Gasteiger partial charge in [0, 0.05) is 12.5 Å². The molecule has 0 unspecified atom stereocenters. The van der Waals surface area contributed by atoms with Crippen LogP contribution in [0.15, 0.2) is 0 Å². The molecular weight excluding hydrogens is 402 g/mol. The van der Waals surface area contributed by atoms with E-state index < -0.39 is 8.80 Å². The van der Waals surface area contributed by atoms with Crippen LogP contribution in [-0.4, -0.2) is 53.9 Å². The quantitative estimate of drug-likeness (QED) is 0.142. The molecule has 0 amide bonds. The molecule has 0 bridgehead atoms. The van der Waals surface area contributed by atoms with Crippen LogP contribution in [-0.2, 0) is 0 Å². The summed E-state index contributed by atoms with van der Waals surface area (Å²) in [6.07, 6.45) is 19.6. The summed E-state index contributed by atoms with van der Waals surface area (Å²) in [4.78, 5) is 27.9. The van der Waals surface area contributed by atoms with Crippen LogP contribution in [0.5, 0.6) is 0 Å². The highest BCUT2D eigenvalue weighted by Gasteiger charge is 2.30. The van der Waals surface area contributed by atoms with Crippen molar-refractivity contribution in [3.8, 4) is 0 Å². The predicted molar refractivity (Wildman–Crippen MR) is 123 cm³/mol. The number of rotatable bonds is 21. The highest BCUT2D eigenvalue weighted by molar-refractivity contribution is 6.56. The number of nitrogens with zero attached hydrogens (tertiary/aromatic N) is 1. The van der Waals surface area contributed by atoms with Crippen LogP contribution in [0.2, 0.25) is 6.04 Å². The molecule has 0 aliphatic rings. The van der Waals surface area contributed by atoms with E-state index >= 15 is 0 Å². The Morgan fingerprint density at radius 3 is 1.24 bits per heavy atom. The van der Waals surface area contributed by atoms with Gasteiger partial charge in [-0.05, 0) is 25.7 Å². The average molecular weight is 454 g/mol. The monoisotopic (exact) mass is 453 g/mol. The Hall–Kier alpha value is 0.347. The van der Waals surface area contributed by atoms with E-state index in [0.29, 0.717) is 6.42 Å². The predicted octanol–water partition coefficient (Wildman–Crippen LogP) is 2.63. The Morgan fingerprint density at radius 1 is 0.483 bits per heavy atom. The summed E-state index contributed by atoms with van der Waals surface area (Å²) in [5, 5.41) is 0. The van der Waals surface area contributed by atoms with Crippen LogP contribution in [0.25, 0.3) is 0 Å². The Labute approximate surface area is 189 Å². The van der Waals surface area contributed by atoms with E-state index in [4.69, 9.17) is 0 Å². The average Bonchev–Trinajstić information content (AvgIpc) is 2.62. The van der Waals surface area contributed by atoms with Crippen molar-refractivity contribution < 1.29 is 31.3 Å². The summed E-state index contributed by atoms with van der Waals surface area (Å²) in [5.74, 6) is 0. The molecule has 0 aromatic rings. The van der Waals surface area contributed by atoms with Crippen molar-refractivity contribution in [2.45, 2.75) is 123 Å². The third-order valence-corrected chi connectivity index (χ3v) is 7.05. The molecule has 6 heteroatoms. The Bertz CT molecular complexity index is 335. The molecule has 0 radical (unpaired) electrons. The summed E-state index contributed by atoms with van der Waals surface area (Å²) in [5.41, 5.74) is 0. The van der Waals surface area contributed by atoms with Gasteiger partial charge in [-0.2, -0.15) is 0 Å². The van der Waals surface area contributed by atoms with E-state index in [0.717, 1.165) is 23.9 Å². The molecule has 0 aromatic carbocycles. The van der Waals surface area contributed by atoms with Gasteiger partial charge in [-0.15, -0.1) is 0 Å². The zero-order valence-corrected chi connectivity index (χ0v) is 21.6. The molecule has 0 saturated carbocycles. The molecule has 0 fully saturated rings. The molecule has 0 rings (SSSR count). The van der Waals surface area contributed by atoms with Crippen molar-refractivity contribution >= 4 is 8.80 Å². The van der Waals surface area contributed by atoms with E-state index in [2.05, 4.69) is 20.8 Å². The third-order valence-electron chi connectivity index (χ3n) is 6.03. The largest absolute Gasteiger partial charge is 1.00 e. The molecule has 0 saturated heterocycles. The maximum Gasteiger partial charge on any atom is 0.492 e. The Morgan fingerprint density at radius 2 is 0.862 bits per heavy atom. The lowest BCUT2D eigenvalue weighted by Gasteiger charge is -2.39. The summed E-state index contributed by atoms with van der Waals surface area (Å²) in [6.45, 7) is 11.3. The van der Waals surface area contributed by atoms with E-state index in [1.807, 2.05) is 0 Å². The number of hydrogen-bond acceptors (Lipinski definition) is 3. The topological polar surface area (TPSA) is 60.7 Å². The second-order valence-electron chi connectivity index (χ2n) is 9.00. The first-order chi connectivity index (χ1) is 13.4. The maximum atomic E-state index is 9.31. The maximum absolute atomic E-state index is 9.31. The molecule has 4 nitrogen and oxygen atoms in total. The van der Waals surface area contributed by atoms with Crippen molar-refractivity contribution in [1.29, 1.82) is 0 Å². The molecule has 0 atom stereocenters. The second-order valence-corrected chi connectivity index (χ2v) is 11.1. The van der Waals surface area contributed by atoms with Crippen molar-refractivity contribution in [2.75, 3.05) is 26.2 Å². The van der Waals surface area contributed by atoms with E-state index in [9.17, 15) is 14.4 Å². The lowest BCUT2D eigenvalue weighted by molar-refractivity contribution is -0.928. The Kier molecular flexibility index (Phi) is 22.0. The van der Waals surface area contributed by atoms with Crippen LogP contribution < -0.4 is 12.4 Å². The molecule has 3 N–H and O–H groups in total. The van der Waals surface area contributed by atoms with E-state index in [1.54, 1.807) is 0 Å². The van der Waals surface area contributed by atoms with Crippen LogP contribution in [0.1, 0.15) is 117 Å². The fraction of sp³-hybridized carbons (Fsp3) is 1.00. The lowest BCUT2D eigenvalue weighted by Crippen LogP contribution is -3.00. The van der Waals surface area contributed by atoms with Crippen molar-refractivity contribution in [2.24, 2.45) is 0 Å². The molecule has 29 heavy (non-hydrogen) atoms. The van der Waals surface area contributed by atoms with Gasteiger partial charge < -0.3 is 31.3 Å². The molecule has 0 aromatic heterocycles. The molecule has 0 spiro atoms. The fourth-order valence-electron chi connectivity index (χ4n) is 4.56. The van der Waals surface area contributed by atoms with Crippen LogP contribution in [0.4, 0.5) is 0 Å². The second kappa shape index (κ2) is 20.3. The summed E-state index contributed by atoms with van der Waals surface area (Å²) in [6, 6.07) is 0.179. The number of quaternary nitrogens is 1. The molecule has 0 heterocycles. The highest BCUT2D eigenvalue weighted by Crippen LogP contribution is 2.18. The van der Waals surface area contributed by atoms with E-state index in [-0.39, 0.29) is 18.5 Å². The SMILES string of the molecule is CCCCCCCCCCCCCC[N+](CCC)(CCC)CCC[Si](O)(O)O.[Cl-]. The van der Waals surface area contributed by atoms with Crippen LogP contribution >= 0.6 is 0 Å². The highest BCUT2D eigenvalue weighted by atomic mass is 35.5. The fourth-order valence-corrected chi connectivity index (χ4v) is 5.19. The first kappa shape index (κ1) is 31.5. The van der Waals surface area contributed by atoms with Gasteiger partial charge in [0.25, 0.3) is 0 Å². The summed E-state index contributed by atoms with van der Waals surface area (Å²) in [7, 11) is -3.88. The van der Waals surface area contributed by atoms with Crippen molar-refractivity contribution in [3.63, 3.8) is 0 Å². The molecule has 0 aliphatic heterocycles. The van der Waals surface area contributed by atoms with Gasteiger partial charge in [0.15, 0.2) is 0 Å². The van der Waals surface area contributed by atoms with Gasteiger partial charge in [-0.25, -0.2) is 0 Å². The van der Waals surface area contributed by atoms with Crippen molar-refractivity contribution in [1.82, 2.24) is 0 Å². The minimum Gasteiger partial charge on any atom is -1.00 e. The Balaban J connectivity index is 0. The minimum absolute atomic E-state index is 0. The molecule has 178 valence electrons. The van der Waals surface area contributed by atoms with Gasteiger partial charge in [0.05, 0.1) is 26.2 Å². The summed E-state index contributed by atoms with van der Waals surface area (Å²) >= 11 is 0. The van der Waals surface area contributed by atoms with Crippen LogP contribution in [0.3, 0.4) is 0 Å². The van der Waals surface area contributed by atoms with Crippen molar-refractivity contribution in [3.05, 3.63) is 0 Å². The first-order valence-electron chi connectivity index (χ1n) is 12.4. The number of halogens is 1. The van der Waals surface area contributed by atoms with Gasteiger partial charge in [0.1, 0.15) is 0 Å². The molecular formula is C23H52ClNO3Si. The number of hydrogen-bond donors (Lipinski definition) is 3. The normalized spacial score (nSPS) is 12.2. The van der Waals surface area contributed by atoms with Gasteiger partial charge in [-0.3, -0.25) is 0 Å². The third kappa shape index (κ3) is 20.0. The smallest absolute Gasteiger partial charge is 0.492 e. The minimum atomic E-state index is -3.88. The molecule has 0 aliphatic carbocycles. The van der Waals surface area contributed by atoms with Gasteiger partial charge >= 0.3 is 8.80 Å². The van der Waals surface area contributed by atoms with Gasteiger partial charge in [-0.1, -0.05) is 85.0 Å². The van der Waals surface area contributed by atoms with Gasteiger partial charge in [0.2, 0.25) is 0 Å². The lowest BCUT2D eigenvalue weighted by atomic mass is 10.0. The number of unbranched alkanes of at least 4 members (excludes halogenated alkanes) is 11. The van der Waals surface area contributed by atoms with E-state index in [1.165, 1.54) is 96.7 Å². The zero-order valence-electron chi connectivity index (χ0n) is 19.8. The van der Waals surface area contributed by atoms with Crippen LogP contribution in [0, 0.1) is 0 Å². The first-order valence-corrected chi connectivity index (χ1v) is 14.5. The standard InChI is InChI=1S/C23H52NO3Si.ClH/c1-4-7-8-9-10-11-12-13-14-15-16-17-21-24(19-5-2,20-6-3)22-18-23-28(25,26)27;/h25-27H,4-23H2,1-3H3;1H/q+1;/p-1.